The van der Waals surface area contributed by atoms with Gasteiger partial charge in [-0.15, -0.1) is 0 Å². The maximum Gasteiger partial charge on any atom is 0.414 e. The highest BCUT2D eigenvalue weighted by atomic mass is 33.1. The molecule has 0 aromatic carbocycles. The summed E-state index contributed by atoms with van der Waals surface area (Å²) in [5.41, 5.74) is 0. The Balaban J connectivity index is 0. The highest BCUT2D eigenvalue weighted by molar-refractivity contribution is 8.78. The van der Waals surface area contributed by atoms with Crippen molar-refractivity contribution in [2.45, 2.75) is 43.4 Å². The summed E-state index contributed by atoms with van der Waals surface area (Å²) in [4.78, 5) is 20.5. The van der Waals surface area contributed by atoms with Crippen molar-refractivity contribution in [1.82, 2.24) is 4.90 Å². The minimum absolute atomic E-state index is 0.720. The molecule has 1 atom stereocenters. The molecule has 2 N–H and O–H groups in total. The third-order valence-electron chi connectivity index (χ3n) is 1.65. The zero-order chi connectivity index (χ0) is 17.7. The predicted molar refractivity (Wildman–Crippen MR) is 103 cm³/mol. The first-order chi connectivity index (χ1) is 10.1. The van der Waals surface area contributed by atoms with E-state index in [0.717, 1.165) is 15.7 Å². The summed E-state index contributed by atoms with van der Waals surface area (Å²) >= 11 is 0. The van der Waals surface area contributed by atoms with Crippen molar-refractivity contribution >= 4 is 55.1 Å². The second-order valence-electron chi connectivity index (χ2n) is 5.17. The van der Waals surface area contributed by atoms with Crippen LogP contribution in [0, 0.1) is 0 Å². The molecule has 0 aliphatic rings. The molecule has 0 bridgehead atoms. The number of carboxylic acid groups (broad SMARTS) is 2. The first kappa shape index (κ1) is 24.6. The minimum Gasteiger partial charge on any atom is -0.473 e. The molecule has 0 saturated carbocycles. The monoisotopic (exact) mass is 389 g/mol. The number of carboxylic acids is 2. The maximum absolute atomic E-state index is 9.10. The van der Waals surface area contributed by atoms with Gasteiger partial charge in [0, 0.05) is 28.0 Å². The van der Waals surface area contributed by atoms with E-state index in [1.54, 1.807) is 0 Å². The number of nitrogens with zero attached hydrogens (tertiary/aromatic N) is 1. The Hall–Kier alpha value is 0.300. The summed E-state index contributed by atoms with van der Waals surface area (Å²) in [6.07, 6.45) is 0. The number of hydrogen-bond donors (Lipinski definition) is 2. The van der Waals surface area contributed by atoms with Gasteiger partial charge in [0.05, 0.1) is 0 Å². The van der Waals surface area contributed by atoms with Gasteiger partial charge in [-0.2, -0.15) is 0 Å². The van der Waals surface area contributed by atoms with Crippen molar-refractivity contribution in [2.75, 3.05) is 26.4 Å². The van der Waals surface area contributed by atoms with Gasteiger partial charge in [0.15, 0.2) is 0 Å². The molecule has 22 heavy (non-hydrogen) atoms. The summed E-state index contributed by atoms with van der Waals surface area (Å²) in [7, 11) is 12.4. The summed E-state index contributed by atoms with van der Waals surface area (Å²) in [5, 5.41) is 17.0. The Morgan fingerprint density at radius 1 is 0.909 bits per heavy atom. The lowest BCUT2D eigenvalue weighted by atomic mass is 10.4. The lowest BCUT2D eigenvalue weighted by Crippen LogP contribution is -2.25. The van der Waals surface area contributed by atoms with Crippen LogP contribution in [-0.2, 0) is 9.59 Å². The van der Waals surface area contributed by atoms with E-state index in [0.29, 0.717) is 0 Å². The van der Waals surface area contributed by atoms with Crippen LogP contribution in [0.4, 0.5) is 0 Å². The van der Waals surface area contributed by atoms with E-state index >= 15 is 0 Å². The van der Waals surface area contributed by atoms with Gasteiger partial charge in [0.25, 0.3) is 0 Å². The Labute approximate surface area is 149 Å². The van der Waals surface area contributed by atoms with Crippen LogP contribution in [-0.4, -0.2) is 69.2 Å². The van der Waals surface area contributed by atoms with Gasteiger partial charge < -0.3 is 15.1 Å². The average molecular weight is 390 g/mol. The molecule has 0 aromatic heterocycles. The first-order valence-corrected chi connectivity index (χ1v) is 11.4. The highest BCUT2D eigenvalue weighted by Crippen LogP contribution is 2.36. The fraction of sp³-hybridized carbons (Fsp3) is 0.846. The molecule has 9 heteroatoms. The molecule has 0 radical (unpaired) electrons. The summed E-state index contributed by atoms with van der Waals surface area (Å²) < 4.78 is 0. The summed E-state index contributed by atoms with van der Waals surface area (Å²) in [5.74, 6) is -2.41. The van der Waals surface area contributed by atoms with E-state index in [4.69, 9.17) is 19.8 Å². The van der Waals surface area contributed by atoms with Crippen LogP contribution < -0.4 is 0 Å². The second-order valence-corrected chi connectivity index (χ2v) is 11.3. The van der Waals surface area contributed by atoms with Gasteiger partial charge in [0.1, 0.15) is 0 Å². The van der Waals surface area contributed by atoms with Gasteiger partial charge >= 0.3 is 11.9 Å². The molecule has 1 unspecified atom stereocenters. The summed E-state index contributed by atoms with van der Waals surface area (Å²) in [6, 6.07) is 0. The number of hydrogen-bond acceptors (Lipinski definition) is 7. The quantitative estimate of drug-likeness (QED) is 0.454. The number of carbonyl (C=O) groups is 2. The van der Waals surface area contributed by atoms with Gasteiger partial charge in [-0.3, -0.25) is 0 Å². The Bertz CT molecular complexity index is 302. The van der Waals surface area contributed by atoms with Crippen LogP contribution in [0.15, 0.2) is 0 Å². The van der Waals surface area contributed by atoms with E-state index in [1.165, 1.54) is 12.3 Å². The smallest absolute Gasteiger partial charge is 0.414 e. The summed E-state index contributed by atoms with van der Waals surface area (Å²) in [6.45, 7) is 10.2. The van der Waals surface area contributed by atoms with Crippen LogP contribution in [0.2, 0.25) is 0 Å². The third kappa shape index (κ3) is 20.3. The van der Waals surface area contributed by atoms with E-state index in [1.807, 2.05) is 32.4 Å². The molecule has 5 nitrogen and oxygen atoms in total. The highest BCUT2D eigenvalue weighted by Gasteiger charge is 2.13. The number of aliphatic carboxylic acids is 2. The van der Waals surface area contributed by atoms with Crippen LogP contribution in [0.3, 0.4) is 0 Å². The van der Waals surface area contributed by atoms with Gasteiger partial charge in [-0.1, -0.05) is 70.9 Å². The Kier molecular flexibility index (Phi) is 16.6. The van der Waals surface area contributed by atoms with Crippen LogP contribution in [0.25, 0.3) is 0 Å². The zero-order valence-corrected chi connectivity index (χ0v) is 17.2. The Morgan fingerprint density at radius 3 is 1.68 bits per heavy atom. The van der Waals surface area contributed by atoms with Crippen molar-refractivity contribution < 1.29 is 19.8 Å². The van der Waals surface area contributed by atoms with E-state index < -0.39 is 11.9 Å². The van der Waals surface area contributed by atoms with E-state index in [9.17, 15) is 0 Å². The normalized spacial score (nSPS) is 12.2. The molecular formula is C13H27NO4S4. The molecule has 0 rings (SSSR count). The van der Waals surface area contributed by atoms with E-state index in [-0.39, 0.29) is 0 Å². The molecular weight excluding hydrogens is 362 g/mol. The lowest BCUT2D eigenvalue weighted by molar-refractivity contribution is -0.159. The standard InChI is InChI=1S/C11H25NS4.C2H2O4/c1-9(2)14-13-8-11(7-12(5)6)16-15-10(3)4;3-1(4)2(5)6/h9-11H,7-8H2,1-6H3;(H,3,4)(H,5,6). The maximum atomic E-state index is 9.10. The first-order valence-electron chi connectivity index (χ1n) is 6.77. The average Bonchev–Trinajstić information content (AvgIpc) is 2.35. The Morgan fingerprint density at radius 2 is 1.36 bits per heavy atom. The van der Waals surface area contributed by atoms with Crippen LogP contribution in [0.1, 0.15) is 27.7 Å². The zero-order valence-electron chi connectivity index (χ0n) is 13.9. The van der Waals surface area contributed by atoms with Crippen molar-refractivity contribution in [3.8, 4) is 0 Å². The lowest BCUT2D eigenvalue weighted by Gasteiger charge is -2.20. The molecule has 0 amide bonds. The second kappa shape index (κ2) is 14.9. The minimum atomic E-state index is -1.82. The fourth-order valence-corrected chi connectivity index (χ4v) is 6.36. The molecule has 132 valence electrons. The van der Waals surface area contributed by atoms with Crippen LogP contribution in [0.5, 0.6) is 0 Å². The van der Waals surface area contributed by atoms with Crippen molar-refractivity contribution in [2.24, 2.45) is 0 Å². The van der Waals surface area contributed by atoms with Crippen molar-refractivity contribution in [1.29, 1.82) is 0 Å². The fourth-order valence-electron chi connectivity index (χ4n) is 0.959. The van der Waals surface area contributed by atoms with E-state index in [2.05, 4.69) is 57.5 Å². The molecule has 0 aliphatic carbocycles. The van der Waals surface area contributed by atoms with Crippen molar-refractivity contribution in [3.05, 3.63) is 0 Å². The largest absolute Gasteiger partial charge is 0.473 e. The SMILES string of the molecule is CC(C)SSCC(CN(C)C)SSC(C)C.O=C(O)C(=O)O. The molecule has 0 spiro atoms. The topological polar surface area (TPSA) is 77.8 Å². The molecule has 0 saturated heterocycles. The van der Waals surface area contributed by atoms with Crippen LogP contribution >= 0.6 is 43.2 Å². The molecule has 0 aromatic rings. The van der Waals surface area contributed by atoms with Gasteiger partial charge in [0.2, 0.25) is 0 Å². The van der Waals surface area contributed by atoms with Gasteiger partial charge in [-0.25, -0.2) is 9.59 Å². The van der Waals surface area contributed by atoms with Crippen molar-refractivity contribution in [3.63, 3.8) is 0 Å². The molecule has 0 heterocycles. The predicted octanol–water partition coefficient (Wildman–Crippen LogP) is 3.65. The third-order valence-corrected chi connectivity index (χ3v) is 8.28. The van der Waals surface area contributed by atoms with Gasteiger partial charge in [-0.05, 0) is 14.1 Å². The number of rotatable bonds is 9. The molecule has 0 aliphatic heterocycles. The molecule has 0 fully saturated rings.